The zero-order chi connectivity index (χ0) is 15.6. The van der Waals surface area contributed by atoms with Crippen LogP contribution in [0, 0.1) is 5.92 Å². The maximum Gasteiger partial charge on any atom is 0.250 e. The average molecular weight is 334 g/mol. The maximum atomic E-state index is 11.9. The van der Waals surface area contributed by atoms with Gasteiger partial charge in [-0.3, -0.25) is 0 Å². The molecule has 0 bridgehead atoms. The van der Waals surface area contributed by atoms with E-state index in [1.165, 1.54) is 30.6 Å². The highest BCUT2D eigenvalue weighted by Gasteiger charge is 2.13. The van der Waals surface area contributed by atoms with Crippen LogP contribution in [-0.2, 0) is 14.8 Å². The Kier molecular flexibility index (Phi) is 9.15. The predicted molar refractivity (Wildman–Crippen MR) is 88.2 cm³/mol. The molecule has 0 aliphatic carbocycles. The Bertz CT molecular complexity index is 457. The second-order valence-corrected chi connectivity index (χ2v) is 8.12. The summed E-state index contributed by atoms with van der Waals surface area (Å²) in [7, 11) is -3.32. The summed E-state index contributed by atoms with van der Waals surface area (Å²) in [5.41, 5.74) is 0. The van der Waals surface area contributed by atoms with Crippen molar-refractivity contribution < 1.29 is 13.2 Å². The summed E-state index contributed by atoms with van der Waals surface area (Å²) in [6, 6.07) is 3.35. The van der Waals surface area contributed by atoms with Crippen LogP contribution in [0.4, 0.5) is 0 Å². The third-order valence-corrected chi connectivity index (χ3v) is 6.27. The summed E-state index contributed by atoms with van der Waals surface area (Å²) in [4.78, 5) is 0. The van der Waals surface area contributed by atoms with Crippen molar-refractivity contribution in [2.24, 2.45) is 5.92 Å². The summed E-state index contributed by atoms with van der Waals surface area (Å²) in [6.45, 7) is 6.21. The number of thiophene rings is 1. The fourth-order valence-electron chi connectivity index (χ4n) is 2.02. The van der Waals surface area contributed by atoms with E-state index in [1.807, 2.05) is 0 Å². The van der Waals surface area contributed by atoms with Crippen LogP contribution in [0.5, 0.6) is 0 Å². The lowest BCUT2D eigenvalue weighted by atomic mass is 10.0. The molecule has 0 radical (unpaired) electrons. The predicted octanol–water partition coefficient (Wildman–Crippen LogP) is 3.65. The minimum atomic E-state index is -3.32. The summed E-state index contributed by atoms with van der Waals surface area (Å²) in [6.07, 6.45) is 5.54. The number of sulfonamides is 1. The first-order chi connectivity index (χ1) is 10.1. The number of unbranched alkanes of at least 4 members (excludes halogenated alkanes) is 1. The van der Waals surface area contributed by atoms with Gasteiger partial charge in [0, 0.05) is 19.8 Å². The number of hydrogen-bond acceptors (Lipinski definition) is 4. The van der Waals surface area contributed by atoms with E-state index in [0.717, 1.165) is 13.0 Å². The van der Waals surface area contributed by atoms with Gasteiger partial charge in [-0.25, -0.2) is 13.1 Å². The fourth-order valence-corrected chi connectivity index (χ4v) is 4.13. The molecule has 0 aliphatic heterocycles. The molecule has 0 amide bonds. The van der Waals surface area contributed by atoms with Crippen LogP contribution in [0.3, 0.4) is 0 Å². The van der Waals surface area contributed by atoms with Crippen LogP contribution in [0.15, 0.2) is 21.7 Å². The van der Waals surface area contributed by atoms with E-state index >= 15 is 0 Å². The second-order valence-electron chi connectivity index (χ2n) is 5.17. The Morgan fingerprint density at radius 1 is 1.33 bits per heavy atom. The van der Waals surface area contributed by atoms with Crippen LogP contribution < -0.4 is 4.72 Å². The summed E-state index contributed by atoms with van der Waals surface area (Å²) >= 11 is 1.23. The van der Waals surface area contributed by atoms with Gasteiger partial charge in [0.1, 0.15) is 4.21 Å². The summed E-state index contributed by atoms with van der Waals surface area (Å²) in [5.74, 6) is 0.632. The Balaban J connectivity index is 2.12. The highest BCUT2D eigenvalue weighted by molar-refractivity contribution is 7.91. The maximum absolute atomic E-state index is 11.9. The Labute approximate surface area is 133 Å². The molecule has 0 spiro atoms. The molecule has 122 valence electrons. The first kappa shape index (κ1) is 18.6. The molecule has 1 heterocycles. The molecule has 21 heavy (non-hydrogen) atoms. The van der Waals surface area contributed by atoms with Gasteiger partial charge in [0.2, 0.25) is 10.0 Å². The first-order valence-electron chi connectivity index (χ1n) is 7.71. The van der Waals surface area contributed by atoms with Gasteiger partial charge >= 0.3 is 0 Å². The van der Waals surface area contributed by atoms with E-state index in [2.05, 4.69) is 18.6 Å². The standard InChI is InChI=1S/C15H27NO3S2/c1-3-5-8-14(4-2)13-19-11-7-10-16-21(17,18)15-9-6-12-20-15/h6,9,12,14,16H,3-5,7-8,10-11,13H2,1-2H3. The third-order valence-electron chi connectivity index (χ3n) is 3.41. The molecule has 1 atom stereocenters. The highest BCUT2D eigenvalue weighted by atomic mass is 32.2. The number of rotatable bonds is 12. The normalized spacial score (nSPS) is 13.4. The number of ether oxygens (including phenoxy) is 1. The van der Waals surface area contributed by atoms with Crippen molar-refractivity contribution in [3.8, 4) is 0 Å². The molecule has 0 aromatic carbocycles. The van der Waals surface area contributed by atoms with Crippen molar-refractivity contribution in [3.05, 3.63) is 17.5 Å². The van der Waals surface area contributed by atoms with Gasteiger partial charge in [-0.05, 0) is 30.2 Å². The zero-order valence-corrected chi connectivity index (χ0v) is 14.6. The Hall–Kier alpha value is -0.430. The van der Waals surface area contributed by atoms with E-state index < -0.39 is 10.0 Å². The van der Waals surface area contributed by atoms with Crippen molar-refractivity contribution >= 4 is 21.4 Å². The second kappa shape index (κ2) is 10.3. The highest BCUT2D eigenvalue weighted by Crippen LogP contribution is 2.15. The van der Waals surface area contributed by atoms with Gasteiger partial charge in [-0.1, -0.05) is 39.2 Å². The number of nitrogens with one attached hydrogen (secondary N) is 1. The molecular weight excluding hydrogens is 306 g/mol. The zero-order valence-electron chi connectivity index (χ0n) is 13.0. The van der Waals surface area contributed by atoms with Crippen LogP contribution in [0.2, 0.25) is 0 Å². The van der Waals surface area contributed by atoms with Gasteiger partial charge in [0.15, 0.2) is 0 Å². The van der Waals surface area contributed by atoms with Gasteiger partial charge in [-0.15, -0.1) is 11.3 Å². The lowest BCUT2D eigenvalue weighted by Gasteiger charge is -2.14. The van der Waals surface area contributed by atoms with E-state index in [4.69, 9.17) is 4.74 Å². The van der Waals surface area contributed by atoms with E-state index in [1.54, 1.807) is 17.5 Å². The van der Waals surface area contributed by atoms with Crippen LogP contribution in [-0.4, -0.2) is 28.2 Å². The van der Waals surface area contributed by atoms with Crippen molar-refractivity contribution in [3.63, 3.8) is 0 Å². The molecule has 0 saturated carbocycles. The molecule has 4 nitrogen and oxygen atoms in total. The fraction of sp³-hybridized carbons (Fsp3) is 0.733. The molecule has 1 N–H and O–H groups in total. The average Bonchev–Trinajstić information content (AvgIpc) is 3.00. The Morgan fingerprint density at radius 2 is 2.14 bits per heavy atom. The molecular formula is C15H27NO3S2. The number of hydrogen-bond donors (Lipinski definition) is 1. The topological polar surface area (TPSA) is 55.4 Å². The SMILES string of the molecule is CCCCC(CC)COCCCNS(=O)(=O)c1cccs1. The molecule has 1 aromatic rings. The largest absolute Gasteiger partial charge is 0.381 e. The summed E-state index contributed by atoms with van der Waals surface area (Å²) < 4.78 is 32.3. The molecule has 6 heteroatoms. The molecule has 1 aromatic heterocycles. The lowest BCUT2D eigenvalue weighted by molar-refractivity contribution is 0.0928. The van der Waals surface area contributed by atoms with Crippen molar-refractivity contribution in [1.82, 2.24) is 4.72 Å². The van der Waals surface area contributed by atoms with Gasteiger partial charge < -0.3 is 4.74 Å². The molecule has 0 fully saturated rings. The van der Waals surface area contributed by atoms with Crippen LogP contribution >= 0.6 is 11.3 Å². The van der Waals surface area contributed by atoms with Crippen LogP contribution in [0.25, 0.3) is 0 Å². The van der Waals surface area contributed by atoms with E-state index in [0.29, 0.717) is 29.7 Å². The van der Waals surface area contributed by atoms with Crippen LogP contribution in [0.1, 0.15) is 46.0 Å². The van der Waals surface area contributed by atoms with E-state index in [9.17, 15) is 8.42 Å². The molecule has 0 aliphatic rings. The van der Waals surface area contributed by atoms with Gasteiger partial charge in [0.05, 0.1) is 0 Å². The third kappa shape index (κ3) is 7.40. The van der Waals surface area contributed by atoms with Crippen molar-refractivity contribution in [1.29, 1.82) is 0 Å². The summed E-state index contributed by atoms with van der Waals surface area (Å²) in [5, 5.41) is 1.76. The minimum Gasteiger partial charge on any atom is -0.381 e. The smallest absolute Gasteiger partial charge is 0.250 e. The monoisotopic (exact) mass is 333 g/mol. The molecule has 1 rings (SSSR count). The van der Waals surface area contributed by atoms with Gasteiger partial charge in [0.25, 0.3) is 0 Å². The van der Waals surface area contributed by atoms with Crippen molar-refractivity contribution in [2.75, 3.05) is 19.8 Å². The first-order valence-corrected chi connectivity index (χ1v) is 10.1. The Morgan fingerprint density at radius 3 is 2.76 bits per heavy atom. The quantitative estimate of drug-likeness (QED) is 0.594. The van der Waals surface area contributed by atoms with Gasteiger partial charge in [-0.2, -0.15) is 0 Å². The minimum absolute atomic E-state index is 0.369. The molecule has 1 unspecified atom stereocenters. The van der Waals surface area contributed by atoms with Crippen molar-refractivity contribution in [2.45, 2.75) is 50.2 Å². The molecule has 0 saturated heterocycles. The lowest BCUT2D eigenvalue weighted by Crippen LogP contribution is -2.25. The van der Waals surface area contributed by atoms with E-state index in [-0.39, 0.29) is 0 Å².